The van der Waals surface area contributed by atoms with Crippen LogP contribution in [0.5, 0.6) is 0 Å². The van der Waals surface area contributed by atoms with Crippen molar-refractivity contribution in [3.8, 4) is 0 Å². The Morgan fingerprint density at radius 2 is 1.56 bits per heavy atom. The van der Waals surface area contributed by atoms with Crippen LogP contribution in [-0.4, -0.2) is 5.78 Å². The van der Waals surface area contributed by atoms with Crippen molar-refractivity contribution in [2.75, 3.05) is 0 Å². The van der Waals surface area contributed by atoms with E-state index >= 15 is 0 Å². The fraction of sp³-hybridized carbons (Fsp3) is 0.800. The van der Waals surface area contributed by atoms with Gasteiger partial charge in [-0.05, 0) is 25.7 Å². The molecular formula is C15H26O. The topological polar surface area (TPSA) is 17.1 Å². The van der Waals surface area contributed by atoms with Crippen LogP contribution < -0.4 is 0 Å². The fourth-order valence-corrected chi connectivity index (χ4v) is 2.24. The molecule has 0 saturated heterocycles. The monoisotopic (exact) mass is 222 g/mol. The summed E-state index contributed by atoms with van der Waals surface area (Å²) >= 11 is 0. The van der Waals surface area contributed by atoms with Gasteiger partial charge in [-0.15, -0.1) is 0 Å². The first-order valence-electron chi connectivity index (χ1n) is 6.98. The third-order valence-corrected chi connectivity index (χ3v) is 3.50. The molecule has 0 amide bonds. The van der Waals surface area contributed by atoms with Crippen LogP contribution in [-0.2, 0) is 4.79 Å². The molecule has 0 radical (unpaired) electrons. The summed E-state index contributed by atoms with van der Waals surface area (Å²) in [6.45, 7) is 2.07. The van der Waals surface area contributed by atoms with Crippen LogP contribution in [0, 0.1) is 5.92 Å². The Labute approximate surface area is 100 Å². The number of carbonyl (C=O) groups excluding carboxylic acids is 1. The summed E-state index contributed by atoms with van der Waals surface area (Å²) < 4.78 is 0. The highest BCUT2D eigenvalue weighted by Crippen LogP contribution is 2.15. The largest absolute Gasteiger partial charge is 0.299 e. The summed E-state index contributed by atoms with van der Waals surface area (Å²) in [7, 11) is 0. The van der Waals surface area contributed by atoms with Crippen LogP contribution >= 0.6 is 0 Å². The molecule has 0 bridgehead atoms. The molecule has 1 atom stereocenters. The van der Waals surface area contributed by atoms with E-state index in [9.17, 15) is 4.79 Å². The Hall–Kier alpha value is -0.590. The molecule has 1 aliphatic carbocycles. The second-order valence-electron chi connectivity index (χ2n) is 5.09. The summed E-state index contributed by atoms with van der Waals surface area (Å²) in [4.78, 5) is 11.8. The van der Waals surface area contributed by atoms with E-state index in [0.717, 1.165) is 19.3 Å². The standard InChI is InChI=1S/C15H26O/c1-14-12-10-8-6-4-2-3-5-7-9-11-13-15(14)16/h8,10,14H,2-7,9,11-13H2,1H3/b10-8-/t14-/m0/s1. The Morgan fingerprint density at radius 1 is 0.938 bits per heavy atom. The van der Waals surface area contributed by atoms with Crippen LogP contribution in [0.2, 0.25) is 0 Å². The lowest BCUT2D eigenvalue weighted by atomic mass is 9.96. The van der Waals surface area contributed by atoms with E-state index in [4.69, 9.17) is 0 Å². The number of allylic oxidation sites excluding steroid dienone is 2. The Balaban J connectivity index is 2.34. The molecule has 0 fully saturated rings. The van der Waals surface area contributed by atoms with Crippen LogP contribution in [0.15, 0.2) is 12.2 Å². The predicted molar refractivity (Wildman–Crippen MR) is 69.5 cm³/mol. The van der Waals surface area contributed by atoms with Gasteiger partial charge in [0.2, 0.25) is 0 Å². The third kappa shape index (κ3) is 6.09. The van der Waals surface area contributed by atoms with E-state index in [-0.39, 0.29) is 5.92 Å². The van der Waals surface area contributed by atoms with E-state index in [0.29, 0.717) is 5.78 Å². The minimum atomic E-state index is 0.235. The summed E-state index contributed by atoms with van der Waals surface area (Å²) in [6.07, 6.45) is 16.5. The van der Waals surface area contributed by atoms with Gasteiger partial charge < -0.3 is 0 Å². The number of ketones is 1. The molecule has 0 saturated carbocycles. The lowest BCUT2D eigenvalue weighted by Crippen LogP contribution is -2.09. The van der Waals surface area contributed by atoms with Crippen LogP contribution in [0.25, 0.3) is 0 Å². The van der Waals surface area contributed by atoms with Gasteiger partial charge in [0, 0.05) is 12.3 Å². The van der Waals surface area contributed by atoms with Gasteiger partial charge in [-0.3, -0.25) is 4.79 Å². The molecule has 0 aromatic carbocycles. The van der Waals surface area contributed by atoms with E-state index < -0.39 is 0 Å². The first-order chi connectivity index (χ1) is 7.80. The molecule has 92 valence electrons. The smallest absolute Gasteiger partial charge is 0.136 e. The SMILES string of the molecule is C[C@H]1C/C=C\CCCCCCCCCC1=O. The van der Waals surface area contributed by atoms with Crippen molar-refractivity contribution >= 4 is 5.78 Å². The van der Waals surface area contributed by atoms with E-state index in [1.54, 1.807) is 0 Å². The van der Waals surface area contributed by atoms with Crippen molar-refractivity contribution in [2.24, 2.45) is 5.92 Å². The molecule has 0 unspecified atom stereocenters. The van der Waals surface area contributed by atoms with Crippen molar-refractivity contribution in [1.82, 2.24) is 0 Å². The average molecular weight is 222 g/mol. The van der Waals surface area contributed by atoms with Crippen molar-refractivity contribution in [3.63, 3.8) is 0 Å². The fourth-order valence-electron chi connectivity index (χ4n) is 2.24. The molecule has 1 rings (SSSR count). The number of hydrogen-bond donors (Lipinski definition) is 0. The highest BCUT2D eigenvalue weighted by atomic mass is 16.1. The number of carbonyl (C=O) groups is 1. The van der Waals surface area contributed by atoms with Crippen molar-refractivity contribution in [1.29, 1.82) is 0 Å². The zero-order valence-corrected chi connectivity index (χ0v) is 10.7. The number of rotatable bonds is 0. The van der Waals surface area contributed by atoms with E-state index in [1.807, 2.05) is 0 Å². The zero-order chi connectivity index (χ0) is 11.6. The van der Waals surface area contributed by atoms with E-state index in [2.05, 4.69) is 19.1 Å². The highest BCUT2D eigenvalue weighted by Gasteiger charge is 2.10. The maximum absolute atomic E-state index is 11.8. The molecule has 1 aliphatic rings. The van der Waals surface area contributed by atoms with Gasteiger partial charge in [0.15, 0.2) is 0 Å². The van der Waals surface area contributed by atoms with Gasteiger partial charge in [-0.1, -0.05) is 51.2 Å². The van der Waals surface area contributed by atoms with Crippen LogP contribution in [0.1, 0.15) is 71.1 Å². The second kappa shape index (κ2) is 8.55. The van der Waals surface area contributed by atoms with Crippen molar-refractivity contribution in [3.05, 3.63) is 12.2 Å². The summed E-state index contributed by atoms with van der Waals surface area (Å²) in [5.74, 6) is 0.695. The number of Topliss-reactive ketones (excluding diaryl/α,β-unsaturated/α-hetero) is 1. The molecule has 1 heteroatoms. The molecule has 0 aromatic rings. The maximum atomic E-state index is 11.8. The minimum absolute atomic E-state index is 0.235. The summed E-state index contributed by atoms with van der Waals surface area (Å²) in [6, 6.07) is 0. The average Bonchev–Trinajstić information content (AvgIpc) is 2.29. The normalized spacial score (nSPS) is 28.3. The van der Waals surface area contributed by atoms with Crippen molar-refractivity contribution < 1.29 is 4.79 Å². The second-order valence-corrected chi connectivity index (χ2v) is 5.09. The quantitative estimate of drug-likeness (QED) is 0.545. The first-order valence-corrected chi connectivity index (χ1v) is 6.98. The molecule has 0 aromatic heterocycles. The first kappa shape index (κ1) is 13.5. The lowest BCUT2D eigenvalue weighted by Gasteiger charge is -2.08. The summed E-state index contributed by atoms with van der Waals surface area (Å²) in [5, 5.41) is 0. The number of hydrogen-bond acceptors (Lipinski definition) is 1. The summed E-state index contributed by atoms with van der Waals surface area (Å²) in [5.41, 5.74) is 0. The minimum Gasteiger partial charge on any atom is -0.299 e. The molecule has 1 nitrogen and oxygen atoms in total. The van der Waals surface area contributed by atoms with Crippen LogP contribution in [0.4, 0.5) is 0 Å². The molecule has 16 heavy (non-hydrogen) atoms. The predicted octanol–water partition coefficient (Wildman–Crippen LogP) is 4.66. The lowest BCUT2D eigenvalue weighted by molar-refractivity contribution is -0.122. The molecule has 0 aliphatic heterocycles. The molecular weight excluding hydrogens is 196 g/mol. The van der Waals surface area contributed by atoms with Gasteiger partial charge in [-0.2, -0.15) is 0 Å². The van der Waals surface area contributed by atoms with Crippen molar-refractivity contribution in [2.45, 2.75) is 71.1 Å². The van der Waals surface area contributed by atoms with Gasteiger partial charge in [-0.25, -0.2) is 0 Å². The van der Waals surface area contributed by atoms with Crippen LogP contribution in [0.3, 0.4) is 0 Å². The third-order valence-electron chi connectivity index (χ3n) is 3.50. The molecule has 0 N–H and O–H groups in total. The zero-order valence-electron chi connectivity index (χ0n) is 10.7. The van der Waals surface area contributed by atoms with Gasteiger partial charge >= 0.3 is 0 Å². The van der Waals surface area contributed by atoms with E-state index in [1.165, 1.54) is 44.9 Å². The Bertz CT molecular complexity index is 217. The maximum Gasteiger partial charge on any atom is 0.136 e. The van der Waals surface area contributed by atoms with Gasteiger partial charge in [0.25, 0.3) is 0 Å². The van der Waals surface area contributed by atoms with Gasteiger partial charge in [0.05, 0.1) is 0 Å². The van der Waals surface area contributed by atoms with Gasteiger partial charge in [0.1, 0.15) is 5.78 Å². The Kier molecular flexibility index (Phi) is 7.20. The highest BCUT2D eigenvalue weighted by molar-refractivity contribution is 5.80. The molecule has 0 spiro atoms. The Morgan fingerprint density at radius 3 is 2.31 bits per heavy atom. The molecule has 0 heterocycles.